The summed E-state index contributed by atoms with van der Waals surface area (Å²) in [5, 5.41) is 23.4. The van der Waals surface area contributed by atoms with Gasteiger partial charge in [0.2, 0.25) is 5.95 Å². The monoisotopic (exact) mass is 255 g/mol. The first kappa shape index (κ1) is 12.3. The van der Waals surface area contributed by atoms with Crippen molar-refractivity contribution in [2.45, 2.75) is 12.1 Å². The number of ketones is 1. The Morgan fingerprint density at radius 1 is 1.61 bits per heavy atom. The first-order chi connectivity index (χ1) is 8.52. The zero-order valence-electron chi connectivity index (χ0n) is 9.30. The van der Waals surface area contributed by atoms with Gasteiger partial charge in [0.05, 0.1) is 6.61 Å². The average molecular weight is 255 g/mol. The number of aliphatic hydroxyl groups excluding tert-OH is 2. The molecule has 1 aliphatic heterocycles. The molecule has 0 aromatic carbocycles. The molecule has 2 heterocycles. The number of anilines is 3. The van der Waals surface area contributed by atoms with Crippen molar-refractivity contribution < 1.29 is 15.0 Å². The molecule has 7 N–H and O–H groups in total. The summed E-state index contributed by atoms with van der Waals surface area (Å²) in [6, 6.07) is -0.784. The molecule has 1 aromatic rings. The van der Waals surface area contributed by atoms with Gasteiger partial charge in [-0.25, -0.2) is 0 Å². The van der Waals surface area contributed by atoms with Crippen LogP contribution in [-0.2, 0) is 4.79 Å². The average Bonchev–Trinajstić information content (AvgIpc) is 2.36. The van der Waals surface area contributed by atoms with E-state index >= 15 is 0 Å². The fourth-order valence-electron chi connectivity index (χ4n) is 1.67. The van der Waals surface area contributed by atoms with Gasteiger partial charge in [-0.15, -0.1) is 0 Å². The molecule has 0 bridgehead atoms. The quantitative estimate of drug-likeness (QED) is 0.346. The van der Waals surface area contributed by atoms with E-state index < -0.39 is 30.1 Å². The third-order valence-electron chi connectivity index (χ3n) is 2.58. The number of aromatic amines is 1. The Balaban J connectivity index is 2.25. The summed E-state index contributed by atoms with van der Waals surface area (Å²) in [4.78, 5) is 29.3. The molecule has 1 aromatic heterocycles. The molecule has 9 heteroatoms. The van der Waals surface area contributed by atoms with Crippen molar-refractivity contribution in [1.29, 1.82) is 0 Å². The molecular weight excluding hydrogens is 242 g/mol. The molecule has 0 radical (unpaired) electrons. The number of aliphatic hydroxyl groups is 2. The van der Waals surface area contributed by atoms with Crippen molar-refractivity contribution in [2.75, 3.05) is 29.5 Å². The van der Waals surface area contributed by atoms with E-state index in [-0.39, 0.29) is 24.0 Å². The van der Waals surface area contributed by atoms with E-state index in [4.69, 9.17) is 10.8 Å². The summed E-state index contributed by atoms with van der Waals surface area (Å²) in [6.45, 7) is -0.549. The molecule has 0 aliphatic carbocycles. The van der Waals surface area contributed by atoms with Gasteiger partial charge in [0, 0.05) is 6.54 Å². The lowest BCUT2D eigenvalue weighted by atomic mass is 10.1. The third-order valence-corrected chi connectivity index (χ3v) is 2.58. The molecule has 1 unspecified atom stereocenters. The molecule has 0 fully saturated rings. The molecule has 18 heavy (non-hydrogen) atoms. The predicted octanol–water partition coefficient (Wildman–Crippen LogP) is -2.52. The maximum atomic E-state index is 11.7. The summed E-state index contributed by atoms with van der Waals surface area (Å²) >= 11 is 0. The number of H-pyrrole nitrogens is 1. The van der Waals surface area contributed by atoms with Crippen molar-refractivity contribution in [3.8, 4) is 0 Å². The van der Waals surface area contributed by atoms with Gasteiger partial charge in [0.25, 0.3) is 5.56 Å². The van der Waals surface area contributed by atoms with Crippen molar-refractivity contribution >= 4 is 23.2 Å². The molecule has 98 valence electrons. The summed E-state index contributed by atoms with van der Waals surface area (Å²) < 4.78 is 0. The van der Waals surface area contributed by atoms with Gasteiger partial charge in [0.1, 0.15) is 17.8 Å². The zero-order chi connectivity index (χ0) is 13.3. The highest BCUT2D eigenvalue weighted by atomic mass is 16.3. The minimum absolute atomic E-state index is 0.0798. The minimum atomic E-state index is -1.47. The SMILES string of the molecule is Nc1nc2c(c(=O)[nH]1)NCC(C(=O)[C@H](O)CO)N2. The van der Waals surface area contributed by atoms with E-state index in [0.29, 0.717) is 0 Å². The molecular formula is C9H13N5O4. The molecule has 2 atom stereocenters. The van der Waals surface area contributed by atoms with Gasteiger partial charge in [0.15, 0.2) is 11.6 Å². The standard InChI is InChI=1S/C9H13N5O4/c10-9-13-7-5(8(18)14-9)11-1-3(12-7)6(17)4(16)2-15/h3-4,11,15-16H,1-2H2,(H4,10,12,13,14,18)/t3?,4-/m1/s1. The van der Waals surface area contributed by atoms with Crippen LogP contribution in [-0.4, -0.2) is 51.3 Å². The lowest BCUT2D eigenvalue weighted by Gasteiger charge is -2.26. The van der Waals surface area contributed by atoms with E-state index in [1.807, 2.05) is 0 Å². The Kier molecular flexibility index (Phi) is 3.17. The Morgan fingerprint density at radius 3 is 3.00 bits per heavy atom. The lowest BCUT2D eigenvalue weighted by molar-refractivity contribution is -0.129. The summed E-state index contributed by atoms with van der Waals surface area (Å²) in [5.74, 6) is -0.522. The number of nitrogen functional groups attached to an aromatic ring is 1. The van der Waals surface area contributed by atoms with E-state index in [9.17, 15) is 14.7 Å². The van der Waals surface area contributed by atoms with E-state index in [2.05, 4.69) is 20.6 Å². The number of hydrogen-bond acceptors (Lipinski definition) is 8. The van der Waals surface area contributed by atoms with Crippen LogP contribution in [0, 0.1) is 0 Å². The first-order valence-electron chi connectivity index (χ1n) is 5.25. The number of carbonyl (C=O) groups excluding carboxylic acids is 1. The third kappa shape index (κ3) is 2.13. The van der Waals surface area contributed by atoms with Crippen LogP contribution in [0.1, 0.15) is 0 Å². The van der Waals surface area contributed by atoms with E-state index in [1.54, 1.807) is 0 Å². The lowest BCUT2D eigenvalue weighted by Crippen LogP contribution is -2.47. The normalized spacial score (nSPS) is 19.3. The zero-order valence-corrected chi connectivity index (χ0v) is 9.30. The van der Waals surface area contributed by atoms with E-state index in [0.717, 1.165) is 0 Å². The first-order valence-corrected chi connectivity index (χ1v) is 5.25. The van der Waals surface area contributed by atoms with Gasteiger partial charge in [-0.2, -0.15) is 4.98 Å². The second-order valence-electron chi connectivity index (χ2n) is 3.85. The summed E-state index contributed by atoms with van der Waals surface area (Å²) in [5.41, 5.74) is 5.12. The molecule has 9 nitrogen and oxygen atoms in total. The number of rotatable bonds is 3. The minimum Gasteiger partial charge on any atom is -0.393 e. The van der Waals surface area contributed by atoms with Gasteiger partial charge in [-0.05, 0) is 0 Å². The van der Waals surface area contributed by atoms with Crippen LogP contribution in [0.15, 0.2) is 4.79 Å². The second-order valence-corrected chi connectivity index (χ2v) is 3.85. The molecule has 0 spiro atoms. The predicted molar refractivity (Wildman–Crippen MR) is 63.3 cm³/mol. The van der Waals surface area contributed by atoms with Crippen LogP contribution in [0.3, 0.4) is 0 Å². The fraction of sp³-hybridized carbons (Fsp3) is 0.444. The number of hydrogen-bond donors (Lipinski definition) is 6. The van der Waals surface area contributed by atoms with Crippen LogP contribution in [0.4, 0.5) is 17.5 Å². The highest BCUT2D eigenvalue weighted by Crippen LogP contribution is 2.20. The van der Waals surface area contributed by atoms with Crippen molar-refractivity contribution in [3.63, 3.8) is 0 Å². The largest absolute Gasteiger partial charge is 0.393 e. The van der Waals surface area contributed by atoms with Crippen LogP contribution in [0.25, 0.3) is 0 Å². The van der Waals surface area contributed by atoms with Crippen molar-refractivity contribution in [1.82, 2.24) is 9.97 Å². The smallest absolute Gasteiger partial charge is 0.277 e. The highest BCUT2D eigenvalue weighted by Gasteiger charge is 2.30. The molecule has 1 aliphatic rings. The number of Topliss-reactive ketones (excluding diaryl/α,β-unsaturated/α-hetero) is 1. The number of nitrogens with one attached hydrogen (secondary N) is 3. The van der Waals surface area contributed by atoms with Gasteiger partial charge in [-0.3, -0.25) is 14.6 Å². The highest BCUT2D eigenvalue weighted by molar-refractivity contribution is 5.92. The second kappa shape index (κ2) is 4.63. The van der Waals surface area contributed by atoms with Crippen LogP contribution < -0.4 is 21.9 Å². The number of nitrogens with two attached hydrogens (primary N) is 1. The fourth-order valence-corrected chi connectivity index (χ4v) is 1.67. The molecule has 2 rings (SSSR count). The summed E-state index contributed by atoms with van der Waals surface area (Å²) in [7, 11) is 0. The Bertz CT molecular complexity index is 528. The van der Waals surface area contributed by atoms with E-state index in [1.165, 1.54) is 0 Å². The number of fused-ring (bicyclic) bond motifs is 1. The van der Waals surface area contributed by atoms with Gasteiger partial charge in [-0.1, -0.05) is 0 Å². The number of carbonyl (C=O) groups is 1. The number of aromatic nitrogens is 2. The van der Waals surface area contributed by atoms with Gasteiger partial charge >= 0.3 is 0 Å². The molecule has 0 amide bonds. The molecule has 0 saturated heterocycles. The van der Waals surface area contributed by atoms with Crippen LogP contribution >= 0.6 is 0 Å². The van der Waals surface area contributed by atoms with Crippen LogP contribution in [0.5, 0.6) is 0 Å². The topological polar surface area (TPSA) is 153 Å². The Labute approximate surface area is 101 Å². The number of nitrogens with zero attached hydrogens (tertiary/aromatic N) is 1. The Hall–Kier alpha value is -2.13. The maximum absolute atomic E-state index is 11.7. The maximum Gasteiger partial charge on any atom is 0.277 e. The Morgan fingerprint density at radius 2 is 2.33 bits per heavy atom. The van der Waals surface area contributed by atoms with Gasteiger partial charge < -0.3 is 26.6 Å². The van der Waals surface area contributed by atoms with Crippen LogP contribution in [0.2, 0.25) is 0 Å². The summed E-state index contributed by atoms with van der Waals surface area (Å²) in [6.07, 6.45) is -1.47. The van der Waals surface area contributed by atoms with Crippen molar-refractivity contribution in [2.24, 2.45) is 0 Å². The van der Waals surface area contributed by atoms with Crippen molar-refractivity contribution in [3.05, 3.63) is 10.4 Å². The molecule has 0 saturated carbocycles.